The molecule has 0 aromatic heterocycles. The Labute approximate surface area is 174 Å². The molecule has 4 saturated carbocycles. The number of amides is 1. The van der Waals surface area contributed by atoms with E-state index in [1.165, 1.54) is 19.3 Å². The zero-order valence-corrected chi connectivity index (χ0v) is 18.1. The molecule has 4 bridgehead atoms. The first-order chi connectivity index (χ1) is 13.8. The molecule has 1 aliphatic heterocycles. The van der Waals surface area contributed by atoms with Gasteiger partial charge in [-0.15, -0.1) is 0 Å². The smallest absolute Gasteiger partial charge is 0.243 e. The first-order valence-corrected chi connectivity index (χ1v) is 12.7. The average Bonchev–Trinajstić information content (AvgIpc) is 3.08. The summed E-state index contributed by atoms with van der Waals surface area (Å²) in [5, 5.41) is 3.41. The van der Waals surface area contributed by atoms with Crippen LogP contribution in [-0.2, 0) is 14.8 Å². The summed E-state index contributed by atoms with van der Waals surface area (Å²) in [5.41, 5.74) is 0.923. The van der Waals surface area contributed by atoms with E-state index in [0.29, 0.717) is 11.4 Å². The molecule has 1 amide bonds. The minimum absolute atomic E-state index is 0.00924. The van der Waals surface area contributed by atoms with E-state index in [0.717, 1.165) is 55.4 Å². The highest BCUT2D eigenvalue weighted by Gasteiger charge is 2.51. The lowest BCUT2D eigenvalue weighted by Crippen LogP contribution is -2.60. The molecule has 158 valence electrons. The third kappa shape index (κ3) is 3.63. The number of benzene rings is 1. The van der Waals surface area contributed by atoms with Crippen molar-refractivity contribution in [3.05, 3.63) is 29.8 Å². The number of carbonyl (C=O) groups is 1. The van der Waals surface area contributed by atoms with Crippen LogP contribution in [0.1, 0.15) is 63.4 Å². The molecule has 6 rings (SSSR count). The van der Waals surface area contributed by atoms with Crippen molar-refractivity contribution >= 4 is 15.9 Å². The van der Waals surface area contributed by atoms with Gasteiger partial charge in [0.25, 0.3) is 0 Å². The van der Waals surface area contributed by atoms with Crippen LogP contribution in [0.2, 0.25) is 0 Å². The average molecular weight is 417 g/mol. The van der Waals surface area contributed by atoms with E-state index in [1.807, 2.05) is 13.0 Å². The van der Waals surface area contributed by atoms with Crippen LogP contribution in [0.4, 0.5) is 0 Å². The molecule has 0 spiro atoms. The monoisotopic (exact) mass is 416 g/mol. The van der Waals surface area contributed by atoms with E-state index >= 15 is 0 Å². The Morgan fingerprint density at radius 1 is 1.14 bits per heavy atom. The second kappa shape index (κ2) is 7.09. The van der Waals surface area contributed by atoms with Gasteiger partial charge in [-0.05, 0) is 93.7 Å². The molecule has 4 aliphatic carbocycles. The van der Waals surface area contributed by atoms with Crippen molar-refractivity contribution in [3.8, 4) is 0 Å². The van der Waals surface area contributed by atoms with Gasteiger partial charge in [0.05, 0.1) is 4.90 Å². The number of nitrogens with zero attached hydrogens (tertiary/aromatic N) is 1. The van der Waals surface area contributed by atoms with E-state index in [1.54, 1.807) is 22.5 Å². The van der Waals surface area contributed by atoms with Gasteiger partial charge in [0.2, 0.25) is 15.9 Å². The second-order valence-electron chi connectivity index (χ2n) is 10.2. The molecule has 0 unspecified atom stereocenters. The van der Waals surface area contributed by atoms with Gasteiger partial charge in [0.1, 0.15) is 0 Å². The Kier molecular flexibility index (Phi) is 4.78. The standard InChI is InChI=1S/C23H32N2O3S/c1-16-4-2-6-21(8-16)29(27,28)25-7-3-5-20(25)12-22(26)24-23-13-17-9-18(14-23)11-19(10-17)15-23/h2,4,6,8,17-20H,3,5,7,9-15H2,1H3,(H,24,26)/t17?,18?,19?,20-,23?/m1/s1. The zero-order valence-electron chi connectivity index (χ0n) is 17.3. The first-order valence-electron chi connectivity index (χ1n) is 11.2. The van der Waals surface area contributed by atoms with Gasteiger partial charge >= 0.3 is 0 Å². The van der Waals surface area contributed by atoms with Crippen molar-refractivity contribution in [1.82, 2.24) is 9.62 Å². The predicted molar refractivity (Wildman–Crippen MR) is 112 cm³/mol. The Bertz CT molecular complexity index is 875. The molecule has 29 heavy (non-hydrogen) atoms. The summed E-state index contributed by atoms with van der Waals surface area (Å²) < 4.78 is 27.9. The van der Waals surface area contributed by atoms with Crippen molar-refractivity contribution in [3.63, 3.8) is 0 Å². The van der Waals surface area contributed by atoms with E-state index < -0.39 is 10.0 Å². The number of carbonyl (C=O) groups excluding carboxylic acids is 1. The minimum Gasteiger partial charge on any atom is -0.351 e. The van der Waals surface area contributed by atoms with Gasteiger partial charge in [0.15, 0.2) is 0 Å². The normalized spacial score (nSPS) is 36.4. The zero-order chi connectivity index (χ0) is 20.2. The molecule has 1 saturated heterocycles. The Balaban J connectivity index is 1.28. The number of hydrogen-bond donors (Lipinski definition) is 1. The highest BCUT2D eigenvalue weighted by Crippen LogP contribution is 2.55. The predicted octanol–water partition coefficient (Wildman–Crippen LogP) is 3.62. The summed E-state index contributed by atoms with van der Waals surface area (Å²) >= 11 is 0. The maximum Gasteiger partial charge on any atom is 0.243 e. The molecule has 1 atom stereocenters. The Hall–Kier alpha value is -1.40. The summed E-state index contributed by atoms with van der Waals surface area (Å²) in [7, 11) is -3.56. The van der Waals surface area contributed by atoms with Crippen LogP contribution in [-0.4, -0.2) is 36.8 Å². The van der Waals surface area contributed by atoms with Crippen LogP contribution in [0.3, 0.4) is 0 Å². The fourth-order valence-electron chi connectivity index (χ4n) is 7.07. The molecule has 5 aliphatic rings. The first kappa shape index (κ1) is 19.6. The topological polar surface area (TPSA) is 66.5 Å². The van der Waals surface area contributed by atoms with E-state index in [9.17, 15) is 13.2 Å². The fraction of sp³-hybridized carbons (Fsp3) is 0.696. The van der Waals surface area contributed by atoms with Crippen molar-refractivity contribution in [1.29, 1.82) is 0 Å². The summed E-state index contributed by atoms with van der Waals surface area (Å²) in [6.07, 6.45) is 9.29. The molecular weight excluding hydrogens is 384 g/mol. The Morgan fingerprint density at radius 3 is 2.41 bits per heavy atom. The number of sulfonamides is 1. The molecule has 1 heterocycles. The van der Waals surface area contributed by atoms with Crippen LogP contribution in [0.5, 0.6) is 0 Å². The van der Waals surface area contributed by atoms with Crippen molar-refractivity contribution < 1.29 is 13.2 Å². The third-order valence-corrected chi connectivity index (χ3v) is 9.73. The number of aryl methyl sites for hydroxylation is 1. The van der Waals surface area contributed by atoms with E-state index in [4.69, 9.17) is 0 Å². The van der Waals surface area contributed by atoms with E-state index in [2.05, 4.69) is 5.32 Å². The van der Waals surface area contributed by atoms with Crippen molar-refractivity contribution in [2.45, 2.75) is 81.2 Å². The van der Waals surface area contributed by atoms with Gasteiger partial charge in [-0.3, -0.25) is 4.79 Å². The number of rotatable bonds is 5. The van der Waals surface area contributed by atoms with Crippen LogP contribution in [0, 0.1) is 24.7 Å². The van der Waals surface area contributed by atoms with Crippen LogP contribution >= 0.6 is 0 Å². The lowest BCUT2D eigenvalue weighted by molar-refractivity contribution is -0.127. The molecule has 0 radical (unpaired) electrons. The van der Waals surface area contributed by atoms with E-state index in [-0.39, 0.29) is 23.9 Å². The number of nitrogens with one attached hydrogen (secondary N) is 1. The SMILES string of the molecule is Cc1cccc(S(=O)(=O)N2CCC[C@@H]2CC(=O)NC23CC4CC(CC(C4)C2)C3)c1. The summed E-state index contributed by atoms with van der Waals surface area (Å²) in [6, 6.07) is 6.84. The minimum atomic E-state index is -3.56. The van der Waals surface area contributed by atoms with Crippen LogP contribution in [0.25, 0.3) is 0 Å². The maximum absolute atomic E-state index is 13.2. The molecule has 6 heteroatoms. The summed E-state index contributed by atoms with van der Waals surface area (Å²) in [4.78, 5) is 13.4. The van der Waals surface area contributed by atoms with Gasteiger partial charge in [0, 0.05) is 24.5 Å². The van der Waals surface area contributed by atoms with Gasteiger partial charge in [-0.25, -0.2) is 8.42 Å². The molecule has 1 aromatic carbocycles. The highest BCUT2D eigenvalue weighted by atomic mass is 32.2. The summed E-state index contributed by atoms with van der Waals surface area (Å²) in [6.45, 7) is 2.41. The van der Waals surface area contributed by atoms with Gasteiger partial charge < -0.3 is 5.32 Å². The highest BCUT2D eigenvalue weighted by molar-refractivity contribution is 7.89. The second-order valence-corrected chi connectivity index (χ2v) is 12.1. The Morgan fingerprint density at radius 2 is 1.79 bits per heavy atom. The lowest BCUT2D eigenvalue weighted by Gasteiger charge is -2.57. The molecule has 5 fully saturated rings. The van der Waals surface area contributed by atoms with Crippen molar-refractivity contribution in [2.24, 2.45) is 17.8 Å². The van der Waals surface area contributed by atoms with Crippen LogP contribution in [0.15, 0.2) is 29.2 Å². The third-order valence-electron chi connectivity index (χ3n) is 7.78. The molecule has 1 aromatic rings. The molecular formula is C23H32N2O3S. The molecule has 1 N–H and O–H groups in total. The number of hydrogen-bond acceptors (Lipinski definition) is 3. The maximum atomic E-state index is 13.2. The van der Waals surface area contributed by atoms with Gasteiger partial charge in [-0.2, -0.15) is 4.31 Å². The van der Waals surface area contributed by atoms with Crippen LogP contribution < -0.4 is 5.32 Å². The summed E-state index contributed by atoms with van der Waals surface area (Å²) in [5.74, 6) is 2.40. The fourth-order valence-corrected chi connectivity index (χ4v) is 8.86. The largest absolute Gasteiger partial charge is 0.351 e. The van der Waals surface area contributed by atoms with Gasteiger partial charge in [-0.1, -0.05) is 12.1 Å². The molecule has 5 nitrogen and oxygen atoms in total. The lowest BCUT2D eigenvalue weighted by atomic mass is 9.53. The quantitative estimate of drug-likeness (QED) is 0.797. The van der Waals surface area contributed by atoms with Crippen molar-refractivity contribution in [2.75, 3.05) is 6.54 Å².